The fourth-order valence-corrected chi connectivity index (χ4v) is 6.16. The first-order chi connectivity index (χ1) is 13.8. The Balaban J connectivity index is 2.01. The maximum Gasteiger partial charge on any atom is 0.268 e. The number of hydrogen-bond acceptors (Lipinski definition) is 2. The van der Waals surface area contributed by atoms with E-state index in [4.69, 9.17) is 0 Å². The monoisotopic (exact) mass is 403 g/mol. The lowest BCUT2D eigenvalue weighted by Crippen LogP contribution is -2.29. The molecular formula is C25H25NO2S. The molecule has 4 rings (SSSR count). The van der Waals surface area contributed by atoms with Crippen LogP contribution in [0.25, 0.3) is 5.57 Å². The van der Waals surface area contributed by atoms with E-state index in [0.29, 0.717) is 4.91 Å². The molecule has 3 aromatic rings. The summed E-state index contributed by atoms with van der Waals surface area (Å²) < 4.78 is 28.7. The Kier molecular flexibility index (Phi) is 4.83. The molecule has 0 saturated heterocycles. The van der Waals surface area contributed by atoms with Gasteiger partial charge in [-0.05, 0) is 46.7 Å². The second-order valence-electron chi connectivity index (χ2n) is 8.12. The van der Waals surface area contributed by atoms with Crippen LogP contribution >= 0.6 is 0 Å². The van der Waals surface area contributed by atoms with E-state index in [9.17, 15) is 8.42 Å². The van der Waals surface area contributed by atoms with E-state index in [0.717, 1.165) is 22.3 Å². The van der Waals surface area contributed by atoms with Crippen molar-refractivity contribution >= 4 is 15.6 Å². The first-order valence-electron chi connectivity index (χ1n) is 9.75. The molecule has 0 radical (unpaired) electrons. The van der Waals surface area contributed by atoms with Crippen molar-refractivity contribution in [3.05, 3.63) is 113 Å². The van der Waals surface area contributed by atoms with Crippen LogP contribution in [0.3, 0.4) is 0 Å². The fourth-order valence-electron chi connectivity index (χ4n) is 4.51. The minimum absolute atomic E-state index is 0.0310. The van der Waals surface area contributed by atoms with Gasteiger partial charge >= 0.3 is 0 Å². The van der Waals surface area contributed by atoms with Crippen LogP contribution in [0.5, 0.6) is 0 Å². The highest BCUT2D eigenvalue weighted by atomic mass is 32.2. The van der Waals surface area contributed by atoms with E-state index in [1.54, 1.807) is 24.5 Å². The number of aromatic nitrogens is 1. The minimum Gasteiger partial charge on any atom is -0.249 e. The summed E-state index contributed by atoms with van der Waals surface area (Å²) >= 11 is 0. The Hall–Kier alpha value is -2.85. The van der Waals surface area contributed by atoms with E-state index < -0.39 is 10.0 Å². The quantitative estimate of drug-likeness (QED) is 0.548. The van der Waals surface area contributed by atoms with Crippen molar-refractivity contribution in [1.82, 2.24) is 3.97 Å². The van der Waals surface area contributed by atoms with E-state index in [-0.39, 0.29) is 11.3 Å². The van der Waals surface area contributed by atoms with Gasteiger partial charge in [0.15, 0.2) is 0 Å². The molecule has 0 aliphatic heterocycles. The molecule has 148 valence electrons. The first kappa shape index (κ1) is 19.5. The number of nitrogens with zero attached hydrogens (tertiary/aromatic N) is 1. The smallest absolute Gasteiger partial charge is 0.249 e. The summed E-state index contributed by atoms with van der Waals surface area (Å²) in [6.07, 6.45) is 5.31. The van der Waals surface area contributed by atoms with Crippen molar-refractivity contribution in [2.75, 3.05) is 0 Å². The van der Waals surface area contributed by atoms with Gasteiger partial charge in [0.1, 0.15) is 0 Å². The molecule has 4 heteroatoms. The fraction of sp³-hybridized carbons (Fsp3) is 0.200. The number of benzene rings is 2. The molecule has 2 aromatic carbocycles. The normalized spacial score (nSPS) is 19.1. The predicted octanol–water partition coefficient (Wildman–Crippen LogP) is 5.85. The van der Waals surface area contributed by atoms with Crippen LogP contribution in [0.2, 0.25) is 0 Å². The second kappa shape index (κ2) is 7.20. The van der Waals surface area contributed by atoms with E-state index >= 15 is 0 Å². The third-order valence-corrected chi connectivity index (χ3v) is 7.48. The second-order valence-corrected chi connectivity index (χ2v) is 9.90. The van der Waals surface area contributed by atoms with Gasteiger partial charge in [0, 0.05) is 18.3 Å². The Bertz CT molecular complexity index is 1170. The molecule has 0 fully saturated rings. The lowest BCUT2D eigenvalue weighted by Gasteiger charge is -2.39. The first-order valence-corrected chi connectivity index (χ1v) is 11.2. The summed E-state index contributed by atoms with van der Waals surface area (Å²) in [7, 11) is -3.73. The molecule has 1 unspecified atom stereocenters. The predicted molar refractivity (Wildman–Crippen MR) is 119 cm³/mol. The van der Waals surface area contributed by atoms with Crippen molar-refractivity contribution < 1.29 is 8.42 Å². The van der Waals surface area contributed by atoms with Crippen molar-refractivity contribution in [2.45, 2.75) is 26.7 Å². The van der Waals surface area contributed by atoms with E-state index in [1.165, 1.54) is 3.97 Å². The number of allylic oxidation sites excluding steroid dienone is 3. The SMILES string of the molecule is CC1=C(S(=O)(=O)n2cccc2)C(c2ccccc2)=CC(C)(C)C1c1ccccc1. The standard InChI is InChI=1S/C25H25NO2S/c1-19-23(21-14-8-5-9-15-21)25(2,3)18-22(20-12-6-4-7-13-20)24(19)29(27,28)26-16-10-11-17-26/h4-18,23H,1-3H3. The van der Waals surface area contributed by atoms with Gasteiger partial charge in [-0.25, -0.2) is 12.4 Å². The van der Waals surface area contributed by atoms with Crippen LogP contribution in [0, 0.1) is 5.41 Å². The van der Waals surface area contributed by atoms with Crippen LogP contribution < -0.4 is 0 Å². The van der Waals surface area contributed by atoms with Gasteiger partial charge in [-0.3, -0.25) is 0 Å². The Morgan fingerprint density at radius 3 is 1.97 bits per heavy atom. The van der Waals surface area contributed by atoms with Crippen molar-refractivity contribution in [1.29, 1.82) is 0 Å². The molecule has 1 atom stereocenters. The summed E-state index contributed by atoms with van der Waals surface area (Å²) in [5.74, 6) is -0.0310. The van der Waals surface area contributed by atoms with Gasteiger partial charge in [0.05, 0.1) is 4.91 Å². The summed E-state index contributed by atoms with van der Waals surface area (Å²) in [6.45, 7) is 6.32. The Labute approximate surface area is 173 Å². The van der Waals surface area contributed by atoms with Crippen molar-refractivity contribution in [2.24, 2.45) is 5.41 Å². The molecule has 0 spiro atoms. The molecule has 0 amide bonds. The molecule has 1 aromatic heterocycles. The van der Waals surface area contributed by atoms with Gasteiger partial charge in [0.2, 0.25) is 0 Å². The minimum atomic E-state index is -3.73. The maximum atomic E-state index is 13.7. The summed E-state index contributed by atoms with van der Waals surface area (Å²) in [6, 6.07) is 23.4. The van der Waals surface area contributed by atoms with Gasteiger partial charge in [-0.1, -0.05) is 80.6 Å². The molecule has 1 aliphatic carbocycles. The van der Waals surface area contributed by atoms with Crippen LogP contribution in [0.4, 0.5) is 0 Å². The molecule has 0 N–H and O–H groups in total. The zero-order valence-corrected chi connectivity index (χ0v) is 17.7. The maximum absolute atomic E-state index is 13.7. The highest BCUT2D eigenvalue weighted by Crippen LogP contribution is 2.51. The summed E-state index contributed by atoms with van der Waals surface area (Å²) in [5.41, 5.74) is 3.44. The van der Waals surface area contributed by atoms with Gasteiger partial charge in [0.25, 0.3) is 10.0 Å². The number of rotatable bonds is 4. The van der Waals surface area contributed by atoms with Crippen LogP contribution in [-0.4, -0.2) is 12.4 Å². The largest absolute Gasteiger partial charge is 0.268 e. The van der Waals surface area contributed by atoms with E-state index in [2.05, 4.69) is 32.1 Å². The average molecular weight is 404 g/mol. The zero-order valence-electron chi connectivity index (χ0n) is 16.9. The highest BCUT2D eigenvalue weighted by Gasteiger charge is 2.40. The molecule has 29 heavy (non-hydrogen) atoms. The average Bonchev–Trinajstić information content (AvgIpc) is 3.24. The molecule has 0 saturated carbocycles. The van der Waals surface area contributed by atoms with Crippen LogP contribution in [0.15, 0.2) is 102 Å². The van der Waals surface area contributed by atoms with Gasteiger partial charge < -0.3 is 0 Å². The topological polar surface area (TPSA) is 39.1 Å². The molecule has 3 nitrogen and oxygen atoms in total. The molecule has 1 aliphatic rings. The highest BCUT2D eigenvalue weighted by molar-refractivity contribution is 7.94. The van der Waals surface area contributed by atoms with E-state index in [1.807, 2.05) is 55.5 Å². The Morgan fingerprint density at radius 2 is 1.38 bits per heavy atom. The lowest BCUT2D eigenvalue weighted by atomic mass is 9.67. The zero-order chi connectivity index (χ0) is 20.6. The van der Waals surface area contributed by atoms with Gasteiger partial charge in [-0.2, -0.15) is 0 Å². The molecule has 1 heterocycles. The van der Waals surface area contributed by atoms with Crippen molar-refractivity contribution in [3.8, 4) is 0 Å². The summed E-state index contributed by atoms with van der Waals surface area (Å²) in [4.78, 5) is 0.396. The van der Waals surface area contributed by atoms with Crippen LogP contribution in [-0.2, 0) is 10.0 Å². The third-order valence-electron chi connectivity index (χ3n) is 5.63. The Morgan fingerprint density at radius 1 is 0.828 bits per heavy atom. The lowest BCUT2D eigenvalue weighted by molar-refractivity contribution is 0.407. The molecule has 0 bridgehead atoms. The number of hydrogen-bond donors (Lipinski definition) is 0. The van der Waals surface area contributed by atoms with Crippen LogP contribution in [0.1, 0.15) is 37.8 Å². The molecular weight excluding hydrogens is 378 g/mol. The summed E-state index contributed by atoms with van der Waals surface area (Å²) in [5, 5.41) is 0. The third kappa shape index (κ3) is 3.38. The van der Waals surface area contributed by atoms with Crippen molar-refractivity contribution in [3.63, 3.8) is 0 Å². The van der Waals surface area contributed by atoms with Gasteiger partial charge in [-0.15, -0.1) is 0 Å².